The highest BCUT2D eigenvalue weighted by Crippen LogP contribution is 2.42. The average Bonchev–Trinajstić information content (AvgIpc) is 2.69. The van der Waals surface area contributed by atoms with E-state index >= 15 is 0 Å². The molecule has 3 N–H and O–H groups in total. The first-order valence-corrected chi connectivity index (χ1v) is 8.54. The lowest BCUT2D eigenvalue weighted by molar-refractivity contribution is 0.622. The fourth-order valence-electron chi connectivity index (χ4n) is 3.40. The summed E-state index contributed by atoms with van der Waals surface area (Å²) in [5.41, 5.74) is 3.87. The van der Waals surface area contributed by atoms with Crippen LogP contribution in [0.25, 0.3) is 10.8 Å². The number of hydrazone groups is 1. The highest BCUT2D eigenvalue weighted by atomic mass is 19.1. The number of anilines is 1. The lowest BCUT2D eigenvalue weighted by atomic mass is 9.85. The summed E-state index contributed by atoms with van der Waals surface area (Å²) in [6.45, 7) is 0. The van der Waals surface area contributed by atoms with Gasteiger partial charge in [-0.05, 0) is 29.8 Å². The highest BCUT2D eigenvalue weighted by molar-refractivity contribution is 5.99. The molecule has 0 aliphatic carbocycles. The van der Waals surface area contributed by atoms with Crippen LogP contribution in [-0.2, 0) is 0 Å². The van der Waals surface area contributed by atoms with Gasteiger partial charge in [-0.2, -0.15) is 10.2 Å². The summed E-state index contributed by atoms with van der Waals surface area (Å²) in [6.07, 6.45) is 2.97. The van der Waals surface area contributed by atoms with Crippen molar-refractivity contribution in [1.82, 2.24) is 15.6 Å². The zero-order chi connectivity index (χ0) is 19.7. The van der Waals surface area contributed by atoms with Crippen LogP contribution in [0.15, 0.2) is 51.3 Å². The van der Waals surface area contributed by atoms with E-state index in [0.29, 0.717) is 16.8 Å². The van der Waals surface area contributed by atoms with Crippen LogP contribution in [0.1, 0.15) is 23.2 Å². The quantitative estimate of drug-likeness (QED) is 0.367. The molecule has 0 bridgehead atoms. The van der Waals surface area contributed by atoms with Crippen LogP contribution in [0, 0.1) is 11.6 Å². The van der Waals surface area contributed by atoms with Crippen LogP contribution in [0.2, 0.25) is 0 Å². The second-order valence-corrected chi connectivity index (χ2v) is 6.28. The Morgan fingerprint density at radius 1 is 1.18 bits per heavy atom. The van der Waals surface area contributed by atoms with E-state index in [1.54, 1.807) is 25.4 Å². The Kier molecular flexibility index (Phi) is 4.56. The van der Waals surface area contributed by atoms with Gasteiger partial charge in [0.15, 0.2) is 0 Å². The number of hydrogen-bond donors (Lipinski definition) is 3. The van der Waals surface area contributed by atoms with Gasteiger partial charge in [-0.1, -0.05) is 12.1 Å². The van der Waals surface area contributed by atoms with E-state index in [-0.39, 0.29) is 11.2 Å². The number of hydrogen-bond acceptors (Lipinski definition) is 5. The standard InChI is InChI=1S/C19H16F2N6O/c1-22-24-9-23-8-14-17(10-2-4-11(20)5-3-10)25-15-7-12(21)6-13-16(15)18(14)26-27-19(13)28/h2-9,14,17,22,25H,1H3,(H,27,28)/b23-8?,24-9-/t14-,17-/m1/s1. The summed E-state index contributed by atoms with van der Waals surface area (Å²) < 4.78 is 27.5. The molecule has 0 unspecified atom stereocenters. The van der Waals surface area contributed by atoms with Crippen molar-refractivity contribution in [2.45, 2.75) is 12.0 Å². The number of aliphatic imine (C=N–C) groups is 1. The van der Waals surface area contributed by atoms with Gasteiger partial charge in [-0.3, -0.25) is 4.79 Å². The van der Waals surface area contributed by atoms with Crippen molar-refractivity contribution in [2.75, 3.05) is 12.4 Å². The number of nitrogens with one attached hydrogen (secondary N) is 3. The molecule has 2 aromatic carbocycles. The number of aromatic amines is 1. The highest BCUT2D eigenvalue weighted by Gasteiger charge is 2.33. The van der Waals surface area contributed by atoms with Crippen LogP contribution >= 0.6 is 0 Å². The minimum atomic E-state index is -0.538. The van der Waals surface area contributed by atoms with Gasteiger partial charge in [-0.15, -0.1) is 0 Å². The van der Waals surface area contributed by atoms with Gasteiger partial charge in [0, 0.05) is 24.3 Å². The van der Waals surface area contributed by atoms with Crippen LogP contribution in [0.4, 0.5) is 14.5 Å². The summed E-state index contributed by atoms with van der Waals surface area (Å²) in [4.78, 5) is 16.3. The molecule has 0 radical (unpaired) electrons. The number of rotatable bonds is 4. The van der Waals surface area contributed by atoms with E-state index in [9.17, 15) is 13.6 Å². The first-order chi connectivity index (χ1) is 13.6. The van der Waals surface area contributed by atoms with E-state index in [1.807, 2.05) is 0 Å². The Morgan fingerprint density at radius 3 is 2.71 bits per heavy atom. The van der Waals surface area contributed by atoms with Crippen LogP contribution < -0.4 is 16.3 Å². The molecule has 0 spiro atoms. The predicted octanol–water partition coefficient (Wildman–Crippen LogP) is 2.69. The Labute approximate surface area is 158 Å². The van der Waals surface area contributed by atoms with Crippen LogP contribution in [-0.4, -0.2) is 29.8 Å². The normalized spacial score (nSPS) is 18.7. The average molecular weight is 382 g/mol. The van der Waals surface area contributed by atoms with E-state index < -0.39 is 23.3 Å². The maximum Gasteiger partial charge on any atom is 0.272 e. The molecule has 9 heteroatoms. The van der Waals surface area contributed by atoms with Crippen LogP contribution in [0.3, 0.4) is 0 Å². The first-order valence-electron chi connectivity index (χ1n) is 8.54. The van der Waals surface area contributed by atoms with Gasteiger partial charge < -0.3 is 10.7 Å². The molecule has 0 amide bonds. The molecule has 3 aromatic rings. The van der Waals surface area contributed by atoms with Crippen molar-refractivity contribution < 1.29 is 8.78 Å². The van der Waals surface area contributed by atoms with Crippen molar-refractivity contribution >= 4 is 29.0 Å². The van der Waals surface area contributed by atoms with Crippen molar-refractivity contribution in [3.8, 4) is 0 Å². The van der Waals surface area contributed by atoms with Crippen molar-refractivity contribution in [3.05, 3.63) is 69.6 Å². The Morgan fingerprint density at radius 2 is 1.96 bits per heavy atom. The zero-order valence-electron chi connectivity index (χ0n) is 14.8. The third-order valence-electron chi connectivity index (χ3n) is 4.60. The fraction of sp³-hybridized carbons (Fsp3) is 0.158. The van der Waals surface area contributed by atoms with Gasteiger partial charge in [-0.25, -0.2) is 18.9 Å². The van der Waals surface area contributed by atoms with Gasteiger partial charge in [0.25, 0.3) is 5.56 Å². The SMILES string of the molecule is CN/N=C\N=C[C@H]1c2n[nH]c(=O)c3cc(F)cc(c23)N[C@@H]1c1ccc(F)cc1. The number of aromatic nitrogens is 2. The van der Waals surface area contributed by atoms with E-state index in [0.717, 1.165) is 5.56 Å². The summed E-state index contributed by atoms with van der Waals surface area (Å²) in [5.74, 6) is -1.31. The van der Waals surface area contributed by atoms with Gasteiger partial charge in [0.2, 0.25) is 0 Å². The number of nitrogens with zero attached hydrogens (tertiary/aromatic N) is 3. The van der Waals surface area contributed by atoms with E-state index in [2.05, 4.69) is 31.0 Å². The van der Waals surface area contributed by atoms with Crippen LogP contribution in [0.5, 0.6) is 0 Å². The van der Waals surface area contributed by atoms with Crippen molar-refractivity contribution in [1.29, 1.82) is 0 Å². The summed E-state index contributed by atoms with van der Waals surface area (Å²) >= 11 is 0. The largest absolute Gasteiger partial charge is 0.377 e. The second-order valence-electron chi connectivity index (χ2n) is 6.28. The molecule has 1 aliphatic heterocycles. The van der Waals surface area contributed by atoms with Crippen molar-refractivity contribution in [2.24, 2.45) is 10.1 Å². The fourth-order valence-corrected chi connectivity index (χ4v) is 3.40. The monoisotopic (exact) mass is 382 g/mol. The molecule has 4 rings (SSSR count). The lowest BCUT2D eigenvalue weighted by Gasteiger charge is -2.32. The Hall–Kier alpha value is -3.62. The molecule has 0 fully saturated rings. The van der Waals surface area contributed by atoms with Gasteiger partial charge in [0.05, 0.1) is 23.0 Å². The smallest absolute Gasteiger partial charge is 0.272 e. The zero-order valence-corrected chi connectivity index (χ0v) is 14.8. The molecular weight excluding hydrogens is 366 g/mol. The Bertz CT molecular complexity index is 1140. The summed E-state index contributed by atoms with van der Waals surface area (Å²) in [7, 11) is 1.65. The molecule has 1 aliphatic rings. The molecule has 142 valence electrons. The first kappa shape index (κ1) is 17.8. The molecule has 7 nitrogen and oxygen atoms in total. The van der Waals surface area contributed by atoms with E-state index in [1.165, 1.54) is 30.6 Å². The third kappa shape index (κ3) is 3.11. The third-order valence-corrected chi connectivity index (χ3v) is 4.60. The number of halogens is 2. The minimum absolute atomic E-state index is 0.201. The maximum atomic E-state index is 14.1. The predicted molar refractivity (Wildman–Crippen MR) is 104 cm³/mol. The lowest BCUT2D eigenvalue weighted by Crippen LogP contribution is -2.28. The molecule has 0 saturated carbocycles. The minimum Gasteiger partial charge on any atom is -0.377 e. The molecule has 28 heavy (non-hydrogen) atoms. The van der Waals surface area contributed by atoms with Crippen molar-refractivity contribution in [3.63, 3.8) is 0 Å². The van der Waals surface area contributed by atoms with E-state index in [4.69, 9.17) is 0 Å². The van der Waals surface area contributed by atoms with Gasteiger partial charge >= 0.3 is 0 Å². The summed E-state index contributed by atoms with van der Waals surface area (Å²) in [5, 5.41) is 14.4. The molecular formula is C19H16F2N6O. The summed E-state index contributed by atoms with van der Waals surface area (Å²) in [6, 6.07) is 8.09. The molecule has 2 heterocycles. The second kappa shape index (κ2) is 7.18. The molecule has 2 atom stereocenters. The molecule has 0 saturated heterocycles. The number of H-pyrrole nitrogens is 1. The number of benzene rings is 2. The Balaban J connectivity index is 1.91. The molecule has 1 aromatic heterocycles. The maximum absolute atomic E-state index is 14.1. The van der Waals surface area contributed by atoms with Gasteiger partial charge in [0.1, 0.15) is 18.0 Å². The topological polar surface area (TPSA) is 94.5 Å².